The highest BCUT2D eigenvalue weighted by atomic mass is 79.9. The number of nitrogens with zero attached hydrogens (tertiary/aromatic N) is 1. The van der Waals surface area contributed by atoms with Crippen LogP contribution in [0.5, 0.6) is 0 Å². The van der Waals surface area contributed by atoms with Gasteiger partial charge in [-0.1, -0.05) is 12.1 Å². The number of sulfonamides is 1. The molecule has 0 spiro atoms. The predicted molar refractivity (Wildman–Crippen MR) is 76.6 cm³/mol. The highest BCUT2D eigenvalue weighted by Crippen LogP contribution is 2.20. The molecular formula is C12H17BrN2O3S. The number of hydrogen-bond acceptors (Lipinski definition) is 4. The molecule has 1 fully saturated rings. The summed E-state index contributed by atoms with van der Waals surface area (Å²) < 4.78 is 33.0. The molecule has 5 nitrogen and oxygen atoms in total. The van der Waals surface area contributed by atoms with Crippen molar-refractivity contribution in [3.05, 3.63) is 28.7 Å². The van der Waals surface area contributed by atoms with Crippen molar-refractivity contribution in [2.75, 3.05) is 33.3 Å². The minimum Gasteiger partial charge on any atom is -0.374 e. The van der Waals surface area contributed by atoms with Gasteiger partial charge in [-0.05, 0) is 35.1 Å². The van der Waals surface area contributed by atoms with Gasteiger partial charge in [0.2, 0.25) is 10.0 Å². The summed E-state index contributed by atoms with van der Waals surface area (Å²) in [5.41, 5.74) is 0. The second-order valence-electron chi connectivity index (χ2n) is 4.54. The van der Waals surface area contributed by atoms with E-state index in [1.165, 1.54) is 0 Å². The lowest BCUT2D eigenvalue weighted by molar-refractivity contribution is -0.0156. The molecule has 0 amide bonds. The fraction of sp³-hybridized carbons (Fsp3) is 0.500. The van der Waals surface area contributed by atoms with Gasteiger partial charge in [0.25, 0.3) is 0 Å². The van der Waals surface area contributed by atoms with Crippen LogP contribution in [0.4, 0.5) is 0 Å². The van der Waals surface area contributed by atoms with Crippen molar-refractivity contribution >= 4 is 26.0 Å². The minimum absolute atomic E-state index is 0.101. The molecule has 2 rings (SSSR count). The van der Waals surface area contributed by atoms with Crippen molar-refractivity contribution in [1.29, 1.82) is 0 Å². The van der Waals surface area contributed by atoms with Crippen molar-refractivity contribution in [2.24, 2.45) is 0 Å². The summed E-state index contributed by atoms with van der Waals surface area (Å²) in [6.45, 7) is 2.54. The van der Waals surface area contributed by atoms with Crippen molar-refractivity contribution in [3.8, 4) is 0 Å². The molecule has 1 aromatic carbocycles. The molecule has 0 saturated carbocycles. The Bertz CT molecular complexity index is 536. The molecule has 106 valence electrons. The SMILES string of the molecule is CN1CCOC(CNS(=O)(=O)c2ccccc2Br)C1. The molecule has 0 aromatic heterocycles. The van der Waals surface area contributed by atoms with E-state index in [0.29, 0.717) is 11.1 Å². The maximum atomic E-state index is 12.2. The zero-order chi connectivity index (χ0) is 13.9. The number of hydrogen-bond donors (Lipinski definition) is 1. The zero-order valence-electron chi connectivity index (χ0n) is 10.7. The molecular weight excluding hydrogens is 332 g/mol. The summed E-state index contributed by atoms with van der Waals surface area (Å²) in [5, 5.41) is 0. The second-order valence-corrected chi connectivity index (χ2v) is 7.13. The highest BCUT2D eigenvalue weighted by molar-refractivity contribution is 9.10. The maximum absolute atomic E-state index is 12.2. The van der Waals surface area contributed by atoms with Gasteiger partial charge in [0.05, 0.1) is 17.6 Å². The van der Waals surface area contributed by atoms with Crippen LogP contribution < -0.4 is 4.72 Å². The van der Waals surface area contributed by atoms with E-state index in [1.54, 1.807) is 24.3 Å². The van der Waals surface area contributed by atoms with Crippen LogP contribution in [0.25, 0.3) is 0 Å². The largest absolute Gasteiger partial charge is 0.374 e. The fourth-order valence-corrected chi connectivity index (χ4v) is 4.00. The molecule has 0 bridgehead atoms. The van der Waals surface area contributed by atoms with Gasteiger partial charge in [-0.3, -0.25) is 0 Å². The Morgan fingerprint density at radius 1 is 1.47 bits per heavy atom. The summed E-state index contributed by atoms with van der Waals surface area (Å²) in [5.74, 6) is 0. The van der Waals surface area contributed by atoms with E-state index in [-0.39, 0.29) is 17.5 Å². The molecule has 1 aliphatic rings. The summed E-state index contributed by atoms with van der Waals surface area (Å²) in [7, 11) is -1.51. The van der Waals surface area contributed by atoms with E-state index in [2.05, 4.69) is 25.6 Å². The van der Waals surface area contributed by atoms with Gasteiger partial charge in [0.1, 0.15) is 0 Å². The van der Waals surface area contributed by atoms with Gasteiger partial charge in [0, 0.05) is 24.1 Å². The van der Waals surface area contributed by atoms with Crippen molar-refractivity contribution in [1.82, 2.24) is 9.62 Å². The Morgan fingerprint density at radius 3 is 2.89 bits per heavy atom. The average molecular weight is 349 g/mol. The smallest absolute Gasteiger partial charge is 0.241 e. The van der Waals surface area contributed by atoms with Crippen LogP contribution in [0, 0.1) is 0 Å². The number of rotatable bonds is 4. The Kier molecular flexibility index (Phi) is 4.97. The molecule has 7 heteroatoms. The number of benzene rings is 1. The zero-order valence-corrected chi connectivity index (χ0v) is 13.1. The molecule has 1 N–H and O–H groups in total. The molecule has 0 aliphatic carbocycles. The van der Waals surface area contributed by atoms with E-state index < -0.39 is 10.0 Å². The lowest BCUT2D eigenvalue weighted by Gasteiger charge is -2.30. The van der Waals surface area contributed by atoms with Crippen LogP contribution in [-0.2, 0) is 14.8 Å². The molecule has 1 heterocycles. The minimum atomic E-state index is -3.50. The first-order valence-electron chi connectivity index (χ1n) is 6.03. The number of likely N-dealkylation sites (N-methyl/N-ethyl adjacent to an activating group) is 1. The van der Waals surface area contributed by atoms with E-state index >= 15 is 0 Å². The first-order valence-corrected chi connectivity index (χ1v) is 8.31. The van der Waals surface area contributed by atoms with Crippen LogP contribution in [0.1, 0.15) is 0 Å². The standard InChI is InChI=1S/C12H17BrN2O3S/c1-15-6-7-18-10(9-15)8-14-19(16,17)12-5-3-2-4-11(12)13/h2-5,10,14H,6-9H2,1H3. The average Bonchev–Trinajstić information content (AvgIpc) is 2.37. The monoisotopic (exact) mass is 348 g/mol. The Labute approximate surface area is 122 Å². The van der Waals surface area contributed by atoms with E-state index in [9.17, 15) is 8.42 Å². The van der Waals surface area contributed by atoms with Crippen LogP contribution in [-0.4, -0.2) is 52.7 Å². The molecule has 1 saturated heterocycles. The maximum Gasteiger partial charge on any atom is 0.241 e. The van der Waals surface area contributed by atoms with Gasteiger partial charge in [0.15, 0.2) is 0 Å². The molecule has 1 aromatic rings. The van der Waals surface area contributed by atoms with Crippen LogP contribution in [0.15, 0.2) is 33.6 Å². The third-order valence-electron chi connectivity index (χ3n) is 2.97. The van der Waals surface area contributed by atoms with E-state index in [0.717, 1.165) is 13.1 Å². The van der Waals surface area contributed by atoms with Crippen molar-refractivity contribution in [3.63, 3.8) is 0 Å². The third kappa shape index (κ3) is 4.00. The Morgan fingerprint density at radius 2 is 2.21 bits per heavy atom. The predicted octanol–water partition coefficient (Wildman–Crippen LogP) is 1.06. The summed E-state index contributed by atoms with van der Waals surface area (Å²) >= 11 is 3.25. The van der Waals surface area contributed by atoms with Gasteiger partial charge < -0.3 is 9.64 Å². The van der Waals surface area contributed by atoms with E-state index in [1.807, 2.05) is 7.05 Å². The fourth-order valence-electron chi connectivity index (χ4n) is 1.93. The number of halogens is 1. The summed E-state index contributed by atoms with van der Waals surface area (Å²) in [6, 6.07) is 6.76. The first kappa shape index (κ1) is 14.9. The molecule has 1 unspecified atom stereocenters. The van der Waals surface area contributed by atoms with Crippen molar-refractivity contribution < 1.29 is 13.2 Å². The number of ether oxygens (including phenoxy) is 1. The highest BCUT2D eigenvalue weighted by Gasteiger charge is 2.22. The Balaban J connectivity index is 2.00. The summed E-state index contributed by atoms with van der Waals surface area (Å²) in [6.07, 6.45) is -0.101. The number of morpholine rings is 1. The Hall–Kier alpha value is -0.470. The molecule has 1 atom stereocenters. The molecule has 1 aliphatic heterocycles. The molecule has 19 heavy (non-hydrogen) atoms. The van der Waals surface area contributed by atoms with Crippen LogP contribution >= 0.6 is 15.9 Å². The normalized spacial score (nSPS) is 21.5. The summed E-state index contributed by atoms with van der Waals surface area (Å²) in [4.78, 5) is 2.38. The lowest BCUT2D eigenvalue weighted by atomic mass is 10.3. The first-order chi connectivity index (χ1) is 8.99. The van der Waals surface area contributed by atoms with E-state index in [4.69, 9.17) is 4.74 Å². The quantitative estimate of drug-likeness (QED) is 0.883. The van der Waals surface area contributed by atoms with Gasteiger partial charge in [-0.25, -0.2) is 13.1 Å². The lowest BCUT2D eigenvalue weighted by Crippen LogP contribution is -2.45. The number of nitrogens with one attached hydrogen (secondary N) is 1. The van der Waals surface area contributed by atoms with Crippen molar-refractivity contribution in [2.45, 2.75) is 11.0 Å². The molecule has 0 radical (unpaired) electrons. The third-order valence-corrected chi connectivity index (χ3v) is 5.40. The van der Waals surface area contributed by atoms with Crippen LogP contribution in [0.3, 0.4) is 0 Å². The topological polar surface area (TPSA) is 58.6 Å². The van der Waals surface area contributed by atoms with Crippen LogP contribution in [0.2, 0.25) is 0 Å². The van der Waals surface area contributed by atoms with Gasteiger partial charge in [-0.2, -0.15) is 0 Å². The van der Waals surface area contributed by atoms with Gasteiger partial charge >= 0.3 is 0 Å². The van der Waals surface area contributed by atoms with Gasteiger partial charge in [-0.15, -0.1) is 0 Å². The second kappa shape index (κ2) is 6.32.